The molecule has 1 amide bonds. The summed E-state index contributed by atoms with van der Waals surface area (Å²) in [6.07, 6.45) is -0.975. The number of ether oxygens (including phenoxy) is 2. The maximum atomic E-state index is 13.7. The Morgan fingerprint density at radius 1 is 1.50 bits per heavy atom. The topological polar surface area (TPSA) is 47.6 Å². The van der Waals surface area contributed by atoms with E-state index >= 15 is 0 Å². The normalized spacial score (nSPS) is 22.0. The predicted octanol–water partition coefficient (Wildman–Crippen LogP) is 2.25. The van der Waals surface area contributed by atoms with E-state index in [9.17, 15) is 18.0 Å². The first-order chi connectivity index (χ1) is 8.45. The summed E-state index contributed by atoms with van der Waals surface area (Å²) in [6, 6.07) is 1.95. The molecule has 1 saturated heterocycles. The van der Waals surface area contributed by atoms with Gasteiger partial charge in [-0.3, -0.25) is 0 Å². The summed E-state index contributed by atoms with van der Waals surface area (Å²) in [5.74, 6) is -4.43. The number of rotatable bonds is 2. The monoisotopic (exact) mass is 261 g/mol. The molecule has 0 radical (unpaired) electrons. The van der Waals surface area contributed by atoms with Crippen molar-refractivity contribution in [3.63, 3.8) is 0 Å². The van der Waals surface area contributed by atoms with Gasteiger partial charge in [0.1, 0.15) is 6.04 Å². The number of carbonyl (C=O) groups excluding carboxylic acids is 1. The van der Waals surface area contributed by atoms with Gasteiger partial charge in [0.25, 0.3) is 0 Å². The first-order valence-corrected chi connectivity index (χ1v) is 5.09. The summed E-state index contributed by atoms with van der Waals surface area (Å²) in [4.78, 5) is 11.0. The average Bonchev–Trinajstić information content (AvgIpc) is 2.32. The van der Waals surface area contributed by atoms with Crippen LogP contribution in [0.3, 0.4) is 0 Å². The van der Waals surface area contributed by atoms with E-state index in [0.29, 0.717) is 0 Å². The molecule has 2 rings (SSSR count). The molecule has 1 aliphatic rings. The fourth-order valence-corrected chi connectivity index (χ4v) is 1.78. The minimum Gasteiger partial charge on any atom is -0.493 e. The molecule has 7 heteroatoms. The maximum Gasteiger partial charge on any atom is 0.408 e. The lowest BCUT2D eigenvalue weighted by Crippen LogP contribution is -2.49. The third-order valence-corrected chi connectivity index (χ3v) is 2.59. The van der Waals surface area contributed by atoms with Gasteiger partial charge in [-0.15, -0.1) is 0 Å². The number of benzene rings is 1. The molecule has 0 saturated carbocycles. The molecule has 0 spiro atoms. The van der Waals surface area contributed by atoms with Crippen LogP contribution in [0.25, 0.3) is 0 Å². The van der Waals surface area contributed by atoms with E-state index in [0.717, 1.165) is 6.07 Å². The first kappa shape index (κ1) is 12.5. The van der Waals surface area contributed by atoms with Crippen LogP contribution in [0.5, 0.6) is 5.75 Å². The minimum absolute atomic E-state index is 0.126. The van der Waals surface area contributed by atoms with E-state index in [-0.39, 0.29) is 11.3 Å². The Hall–Kier alpha value is -1.92. The zero-order valence-corrected chi connectivity index (χ0v) is 9.38. The van der Waals surface area contributed by atoms with Crippen molar-refractivity contribution in [3.8, 4) is 5.75 Å². The Bertz CT molecular complexity index is 479. The third-order valence-electron chi connectivity index (χ3n) is 2.59. The zero-order valence-electron chi connectivity index (χ0n) is 9.38. The summed E-state index contributed by atoms with van der Waals surface area (Å²) in [5.41, 5.74) is -0.126. The number of halogens is 3. The van der Waals surface area contributed by atoms with E-state index in [1.54, 1.807) is 0 Å². The highest BCUT2D eigenvalue weighted by atomic mass is 19.3. The Balaban J connectivity index is 2.46. The van der Waals surface area contributed by atoms with Crippen LogP contribution in [0, 0.1) is 5.82 Å². The smallest absolute Gasteiger partial charge is 0.408 e. The standard InChI is InChI=1S/C11H10F3NO3/c1-17-8-6(3-2-4-7(8)12)9-11(13,14)5-18-10(16)15-9/h2-4,9H,5H2,1H3,(H,15,16)/t9-/m1/s1. The Kier molecular flexibility index (Phi) is 3.06. The van der Waals surface area contributed by atoms with Gasteiger partial charge in [0.2, 0.25) is 0 Å². The number of amides is 1. The summed E-state index contributed by atoms with van der Waals surface area (Å²) in [5, 5.41) is 1.97. The molecule has 0 unspecified atom stereocenters. The van der Waals surface area contributed by atoms with Crippen molar-refractivity contribution in [1.82, 2.24) is 5.32 Å². The molecule has 1 N–H and O–H groups in total. The molecule has 1 aromatic rings. The largest absolute Gasteiger partial charge is 0.493 e. The molecule has 98 valence electrons. The molecule has 1 aromatic carbocycles. The lowest BCUT2D eigenvalue weighted by molar-refractivity contribution is -0.104. The van der Waals surface area contributed by atoms with E-state index in [1.165, 1.54) is 19.2 Å². The van der Waals surface area contributed by atoms with Gasteiger partial charge in [-0.25, -0.2) is 18.0 Å². The number of alkyl carbamates (subject to hydrolysis) is 1. The number of hydrogen-bond acceptors (Lipinski definition) is 3. The van der Waals surface area contributed by atoms with Crippen molar-refractivity contribution in [3.05, 3.63) is 29.6 Å². The van der Waals surface area contributed by atoms with Crippen LogP contribution in [0.2, 0.25) is 0 Å². The Morgan fingerprint density at radius 3 is 2.89 bits per heavy atom. The fourth-order valence-electron chi connectivity index (χ4n) is 1.78. The van der Waals surface area contributed by atoms with Crippen molar-refractivity contribution < 1.29 is 27.4 Å². The van der Waals surface area contributed by atoms with E-state index in [2.05, 4.69) is 4.74 Å². The highest BCUT2D eigenvalue weighted by molar-refractivity contribution is 5.69. The second-order valence-corrected chi connectivity index (χ2v) is 3.78. The number of hydrogen-bond donors (Lipinski definition) is 1. The Labute approximate surface area is 101 Å². The fraction of sp³-hybridized carbons (Fsp3) is 0.364. The molecule has 0 aliphatic carbocycles. The maximum absolute atomic E-state index is 13.7. The van der Waals surface area contributed by atoms with Crippen molar-refractivity contribution in [2.24, 2.45) is 0 Å². The quantitative estimate of drug-likeness (QED) is 0.888. The van der Waals surface area contributed by atoms with Crippen molar-refractivity contribution in [2.45, 2.75) is 12.0 Å². The number of nitrogens with one attached hydrogen (secondary N) is 1. The number of alkyl halides is 2. The molecule has 0 aromatic heterocycles. The second kappa shape index (κ2) is 4.40. The molecule has 4 nitrogen and oxygen atoms in total. The van der Waals surface area contributed by atoms with Gasteiger partial charge in [-0.05, 0) is 6.07 Å². The summed E-state index contributed by atoms with van der Waals surface area (Å²) in [6.45, 7) is -1.05. The van der Waals surface area contributed by atoms with Gasteiger partial charge < -0.3 is 14.8 Å². The van der Waals surface area contributed by atoms with Crippen molar-refractivity contribution in [1.29, 1.82) is 0 Å². The molecular formula is C11H10F3NO3. The van der Waals surface area contributed by atoms with Crippen molar-refractivity contribution >= 4 is 6.09 Å². The highest BCUT2D eigenvalue weighted by Crippen LogP contribution is 2.39. The van der Waals surface area contributed by atoms with E-state index in [4.69, 9.17) is 4.74 Å². The third kappa shape index (κ3) is 2.07. The van der Waals surface area contributed by atoms with Crippen LogP contribution in [-0.2, 0) is 4.74 Å². The van der Waals surface area contributed by atoms with Crippen LogP contribution in [0.15, 0.2) is 18.2 Å². The van der Waals surface area contributed by atoms with Crippen LogP contribution in [0.1, 0.15) is 11.6 Å². The molecule has 1 fully saturated rings. The highest BCUT2D eigenvalue weighted by Gasteiger charge is 2.48. The molecule has 18 heavy (non-hydrogen) atoms. The van der Waals surface area contributed by atoms with Crippen molar-refractivity contribution in [2.75, 3.05) is 13.7 Å². The summed E-state index contributed by atoms with van der Waals surface area (Å²) in [7, 11) is 1.17. The Morgan fingerprint density at radius 2 is 2.22 bits per heavy atom. The van der Waals surface area contributed by atoms with E-state index < -0.39 is 30.5 Å². The van der Waals surface area contributed by atoms with Gasteiger partial charge in [0, 0.05) is 5.56 Å². The molecule has 0 bridgehead atoms. The van der Waals surface area contributed by atoms with Gasteiger partial charge in [0.05, 0.1) is 7.11 Å². The van der Waals surface area contributed by atoms with Crippen LogP contribution < -0.4 is 10.1 Å². The van der Waals surface area contributed by atoms with E-state index in [1.807, 2.05) is 5.32 Å². The molecule has 1 heterocycles. The average molecular weight is 261 g/mol. The summed E-state index contributed by atoms with van der Waals surface area (Å²) >= 11 is 0. The lowest BCUT2D eigenvalue weighted by Gasteiger charge is -2.32. The lowest BCUT2D eigenvalue weighted by atomic mass is 9.99. The van der Waals surface area contributed by atoms with Gasteiger partial charge in [-0.2, -0.15) is 0 Å². The second-order valence-electron chi connectivity index (χ2n) is 3.78. The number of para-hydroxylation sites is 1. The van der Waals surface area contributed by atoms with Gasteiger partial charge in [-0.1, -0.05) is 12.1 Å². The summed E-state index contributed by atoms with van der Waals surface area (Å²) < 4.78 is 49.7. The predicted molar refractivity (Wildman–Crippen MR) is 55.1 cm³/mol. The van der Waals surface area contributed by atoms with Gasteiger partial charge in [0.15, 0.2) is 18.2 Å². The molecular weight excluding hydrogens is 251 g/mol. The van der Waals surface area contributed by atoms with Crippen LogP contribution >= 0.6 is 0 Å². The molecule has 1 atom stereocenters. The van der Waals surface area contributed by atoms with Crippen LogP contribution in [-0.4, -0.2) is 25.7 Å². The van der Waals surface area contributed by atoms with Crippen LogP contribution in [0.4, 0.5) is 18.0 Å². The minimum atomic E-state index is -3.34. The zero-order chi connectivity index (χ0) is 13.3. The molecule has 1 aliphatic heterocycles. The number of carbonyl (C=O) groups is 1. The number of cyclic esters (lactones) is 1. The number of methoxy groups -OCH3 is 1. The first-order valence-electron chi connectivity index (χ1n) is 5.09. The van der Waals surface area contributed by atoms with Gasteiger partial charge >= 0.3 is 12.0 Å². The SMILES string of the molecule is COc1c(F)cccc1[C@H]1NC(=O)OCC1(F)F.